The van der Waals surface area contributed by atoms with Gasteiger partial charge in [-0.3, -0.25) is 4.90 Å². The Morgan fingerprint density at radius 3 is 2.04 bits per heavy atom. The average Bonchev–Trinajstić information content (AvgIpc) is 2.94. The molecule has 3 N–H and O–H groups in total. The van der Waals surface area contributed by atoms with Gasteiger partial charge >= 0.3 is 30.6 Å². The molecule has 0 radical (unpaired) electrons. The average molecular weight is 665 g/mol. The van der Waals surface area contributed by atoms with E-state index in [0.717, 1.165) is 29.3 Å². The van der Waals surface area contributed by atoms with Crippen molar-refractivity contribution in [1.82, 2.24) is 9.97 Å². The van der Waals surface area contributed by atoms with Crippen LogP contribution in [-0.2, 0) is 29.7 Å². The van der Waals surface area contributed by atoms with Crippen LogP contribution >= 0.6 is 0 Å². The zero-order valence-corrected chi connectivity index (χ0v) is 23.9. The summed E-state index contributed by atoms with van der Waals surface area (Å²) < 4.78 is 127. The van der Waals surface area contributed by atoms with Gasteiger partial charge in [-0.2, -0.15) is 39.5 Å². The Morgan fingerprint density at radius 2 is 1.54 bits per heavy atom. The molecule has 0 spiro atoms. The molecule has 248 valence electrons. The molecule has 1 aliphatic heterocycles. The molecule has 17 heteroatoms. The van der Waals surface area contributed by atoms with Gasteiger partial charge in [0.25, 0.3) is 0 Å². The number of carbonyl (C=O) groups is 2. The summed E-state index contributed by atoms with van der Waals surface area (Å²) in [6.07, 6.45) is -16.5. The maximum absolute atomic E-state index is 13.8. The number of fused-ring (bicyclic) bond motifs is 1. The van der Waals surface area contributed by atoms with Gasteiger partial charge in [0.2, 0.25) is 0 Å². The molecule has 2 heterocycles. The lowest BCUT2D eigenvalue weighted by atomic mass is 9.80. The largest absolute Gasteiger partial charge is 0.478 e. The van der Waals surface area contributed by atoms with E-state index in [2.05, 4.69) is 9.97 Å². The minimum atomic E-state index is -5.18. The predicted molar refractivity (Wildman–Crippen MR) is 143 cm³/mol. The van der Waals surface area contributed by atoms with Gasteiger partial charge in [0.05, 0.1) is 40.2 Å². The van der Waals surface area contributed by atoms with Gasteiger partial charge in [0.15, 0.2) is 0 Å². The number of nitrogens with zero attached hydrogens (tertiary/aromatic N) is 3. The number of aromatic carboxylic acids is 1. The number of amides is 1. The number of hydrogen-bond donors (Lipinski definition) is 2. The third-order valence-corrected chi connectivity index (χ3v) is 7.48. The lowest BCUT2D eigenvalue weighted by Crippen LogP contribution is -2.61. The predicted octanol–water partition coefficient (Wildman–Crippen LogP) is 7.39. The number of halogens is 9. The maximum Gasteiger partial charge on any atom is 0.416 e. The van der Waals surface area contributed by atoms with E-state index in [4.69, 9.17) is 10.5 Å². The molecule has 2 atom stereocenters. The first-order chi connectivity index (χ1) is 21.2. The summed E-state index contributed by atoms with van der Waals surface area (Å²) in [5.41, 5.74) is -1.41. The second-order valence-corrected chi connectivity index (χ2v) is 10.5. The summed E-state index contributed by atoms with van der Waals surface area (Å²) in [6.45, 7) is 3.00. The number of carbonyl (C=O) groups excluding carboxylic acids is 1. The van der Waals surface area contributed by atoms with E-state index < -0.39 is 82.1 Å². The number of hydrogen-bond acceptors (Lipinski definition) is 6. The molecule has 3 aromatic rings. The van der Waals surface area contributed by atoms with Crippen molar-refractivity contribution >= 4 is 17.7 Å². The van der Waals surface area contributed by atoms with E-state index >= 15 is 0 Å². The number of ether oxygens (including phenoxy) is 1. The van der Waals surface area contributed by atoms with Gasteiger partial charge in [0, 0.05) is 18.5 Å². The Bertz CT molecular complexity index is 1620. The molecule has 46 heavy (non-hydrogen) atoms. The van der Waals surface area contributed by atoms with E-state index in [0.29, 0.717) is 12.1 Å². The SMILES string of the molecule is CCOC(=O)N1c2ccc(C(F)(F)F)cc2[C@@H](c2ncc(C(=O)O)c(Cc3cc(C(F)(F)F)cc(C(F)(F)F)c3)n2)C[C@@]1(N)CC. The van der Waals surface area contributed by atoms with Crippen LogP contribution in [0.2, 0.25) is 0 Å². The van der Waals surface area contributed by atoms with Crippen molar-refractivity contribution in [2.24, 2.45) is 5.73 Å². The van der Waals surface area contributed by atoms with Crippen LogP contribution in [0, 0.1) is 0 Å². The minimum absolute atomic E-state index is 0.0350. The normalized spacial score (nSPS) is 18.7. The summed E-state index contributed by atoms with van der Waals surface area (Å²) in [7, 11) is 0. The van der Waals surface area contributed by atoms with Crippen molar-refractivity contribution in [3.8, 4) is 0 Å². The first-order valence-electron chi connectivity index (χ1n) is 13.5. The number of benzene rings is 2. The van der Waals surface area contributed by atoms with E-state index in [1.807, 2.05) is 0 Å². The monoisotopic (exact) mass is 664 g/mol. The Kier molecular flexibility index (Phi) is 9.05. The topological polar surface area (TPSA) is 119 Å². The standard InChI is InChI=1S/C29H25F9N4O4/c1-3-26(39)12-19(18-11-15(27(30,31)32)5-6-22(18)42(26)25(45)46-4-2)23-40-13-20(24(43)44)21(41-23)9-14-7-16(28(33,34)35)10-17(8-14)29(36,37)38/h5-8,10-11,13,19H,3-4,9,12,39H2,1-2H3,(H,43,44)/t19-,26+/m0/s1. The van der Waals surface area contributed by atoms with E-state index in [1.165, 1.54) is 6.92 Å². The summed E-state index contributed by atoms with van der Waals surface area (Å²) in [6, 6.07) is 3.19. The molecule has 0 saturated heterocycles. The molecule has 0 unspecified atom stereocenters. The number of aromatic nitrogens is 2. The van der Waals surface area contributed by atoms with E-state index in [-0.39, 0.29) is 42.6 Å². The van der Waals surface area contributed by atoms with E-state index in [9.17, 15) is 54.2 Å². The molecule has 1 amide bonds. The first-order valence-corrected chi connectivity index (χ1v) is 13.5. The molecule has 8 nitrogen and oxygen atoms in total. The van der Waals surface area contributed by atoms with Crippen molar-refractivity contribution in [2.45, 2.75) is 63.2 Å². The molecule has 0 aliphatic carbocycles. The van der Waals surface area contributed by atoms with E-state index in [1.54, 1.807) is 6.92 Å². The summed E-state index contributed by atoms with van der Waals surface area (Å²) in [5, 5.41) is 9.72. The molecular weight excluding hydrogens is 639 g/mol. The van der Waals surface area contributed by atoms with Crippen LogP contribution in [0.25, 0.3) is 0 Å². The number of carboxylic acid groups (broad SMARTS) is 1. The summed E-state index contributed by atoms with van der Waals surface area (Å²) in [4.78, 5) is 34.1. The smallest absolute Gasteiger partial charge is 0.416 e. The van der Waals surface area contributed by atoms with Crippen molar-refractivity contribution in [3.05, 3.63) is 87.5 Å². The highest BCUT2D eigenvalue weighted by molar-refractivity contribution is 5.92. The number of carboxylic acids is 1. The number of rotatable bonds is 6. The molecule has 1 aromatic heterocycles. The van der Waals surface area contributed by atoms with Gasteiger partial charge in [0.1, 0.15) is 11.5 Å². The number of nitrogens with two attached hydrogens (primary N) is 1. The zero-order chi connectivity index (χ0) is 34.4. The van der Waals surface area contributed by atoms with Gasteiger partial charge in [-0.15, -0.1) is 0 Å². The van der Waals surface area contributed by atoms with Crippen molar-refractivity contribution in [1.29, 1.82) is 0 Å². The third-order valence-electron chi connectivity index (χ3n) is 7.48. The van der Waals surface area contributed by atoms with Crippen molar-refractivity contribution < 1.29 is 58.9 Å². The fraction of sp³-hybridized carbons (Fsp3) is 0.379. The van der Waals surface area contributed by atoms with Crippen LogP contribution in [0.3, 0.4) is 0 Å². The van der Waals surface area contributed by atoms with Crippen LogP contribution in [0.4, 0.5) is 50.0 Å². The quantitative estimate of drug-likeness (QED) is 0.264. The van der Waals surface area contributed by atoms with Crippen molar-refractivity contribution in [3.63, 3.8) is 0 Å². The fourth-order valence-electron chi connectivity index (χ4n) is 5.24. The molecule has 0 saturated carbocycles. The van der Waals surface area contributed by atoms with Crippen LogP contribution in [0.5, 0.6) is 0 Å². The Labute approximate surface area is 255 Å². The van der Waals surface area contributed by atoms with Gasteiger partial charge < -0.3 is 15.6 Å². The number of anilines is 1. The Hall–Kier alpha value is -4.41. The van der Waals surface area contributed by atoms with Gasteiger partial charge in [-0.25, -0.2) is 19.6 Å². The van der Waals surface area contributed by atoms with Gasteiger partial charge in [-0.1, -0.05) is 6.92 Å². The second-order valence-electron chi connectivity index (χ2n) is 10.5. The third kappa shape index (κ3) is 6.88. The van der Waals surface area contributed by atoms with Crippen molar-refractivity contribution in [2.75, 3.05) is 11.5 Å². The second kappa shape index (κ2) is 12.1. The van der Waals surface area contributed by atoms with Gasteiger partial charge in [-0.05, 0) is 67.3 Å². The highest BCUT2D eigenvalue weighted by Crippen LogP contribution is 2.47. The maximum atomic E-state index is 13.8. The lowest BCUT2D eigenvalue weighted by Gasteiger charge is -2.46. The number of alkyl halides is 9. The Morgan fingerprint density at radius 1 is 0.957 bits per heavy atom. The Balaban J connectivity index is 1.93. The fourth-order valence-corrected chi connectivity index (χ4v) is 5.24. The zero-order valence-electron chi connectivity index (χ0n) is 23.9. The highest BCUT2D eigenvalue weighted by Gasteiger charge is 2.47. The molecule has 0 bridgehead atoms. The highest BCUT2D eigenvalue weighted by atomic mass is 19.4. The van der Waals surface area contributed by atoms with Crippen LogP contribution in [0.1, 0.15) is 82.3 Å². The summed E-state index contributed by atoms with van der Waals surface area (Å²) in [5.74, 6) is -3.22. The molecule has 4 rings (SSSR count). The minimum Gasteiger partial charge on any atom is -0.478 e. The molecule has 2 aromatic carbocycles. The van der Waals surface area contributed by atoms with Crippen LogP contribution < -0.4 is 10.6 Å². The lowest BCUT2D eigenvalue weighted by molar-refractivity contribution is -0.143. The summed E-state index contributed by atoms with van der Waals surface area (Å²) >= 11 is 0. The van der Waals surface area contributed by atoms with Crippen LogP contribution in [0.15, 0.2) is 42.6 Å². The van der Waals surface area contributed by atoms with Crippen LogP contribution in [-0.4, -0.2) is 39.4 Å². The first kappa shape index (κ1) is 34.5. The molecular formula is C29H25F9N4O4. The molecule has 1 aliphatic rings. The molecule has 0 fully saturated rings.